The summed E-state index contributed by atoms with van der Waals surface area (Å²) in [5.74, 6) is -0.350. The highest BCUT2D eigenvalue weighted by Gasteiger charge is 2.25. The van der Waals surface area contributed by atoms with Crippen molar-refractivity contribution in [3.63, 3.8) is 0 Å². The molecule has 2 unspecified atom stereocenters. The van der Waals surface area contributed by atoms with Crippen molar-refractivity contribution in [3.8, 4) is 0 Å². The molecular formula is C39H78NO7P. The van der Waals surface area contributed by atoms with Crippen LogP contribution in [0.3, 0.4) is 0 Å². The Morgan fingerprint density at radius 2 is 1.04 bits per heavy atom. The van der Waals surface area contributed by atoms with E-state index >= 15 is 0 Å². The number of ether oxygens (including phenoxy) is 2. The molecule has 286 valence electrons. The van der Waals surface area contributed by atoms with Crippen molar-refractivity contribution in [1.82, 2.24) is 0 Å². The zero-order valence-corrected chi connectivity index (χ0v) is 32.4. The number of carbonyl (C=O) groups excluding carboxylic acids is 1. The molecule has 0 aliphatic carbocycles. The van der Waals surface area contributed by atoms with Gasteiger partial charge in [0, 0.05) is 13.0 Å². The lowest BCUT2D eigenvalue weighted by Crippen LogP contribution is -2.27. The van der Waals surface area contributed by atoms with Gasteiger partial charge in [-0.2, -0.15) is 0 Å². The Morgan fingerprint density at radius 3 is 1.48 bits per heavy atom. The maximum atomic E-state index is 12.5. The summed E-state index contributed by atoms with van der Waals surface area (Å²) in [5.41, 5.74) is 5.35. The summed E-state index contributed by atoms with van der Waals surface area (Å²) in [5, 5.41) is 0. The topological polar surface area (TPSA) is 117 Å². The third-order valence-corrected chi connectivity index (χ3v) is 9.76. The van der Waals surface area contributed by atoms with Crippen LogP contribution in [0, 0.1) is 0 Å². The monoisotopic (exact) mass is 704 g/mol. The number of unbranched alkanes of at least 4 members (excludes halogenated alkanes) is 26. The molecule has 8 nitrogen and oxygen atoms in total. The fraction of sp³-hybridized carbons (Fsp3) is 0.923. The third kappa shape index (κ3) is 36.4. The van der Waals surface area contributed by atoms with Crippen molar-refractivity contribution in [2.75, 3.05) is 26.4 Å². The number of phosphoric acid groups is 1. The van der Waals surface area contributed by atoms with Crippen molar-refractivity contribution < 1.29 is 32.8 Å². The van der Waals surface area contributed by atoms with Crippen LogP contribution >= 0.6 is 7.82 Å². The van der Waals surface area contributed by atoms with Crippen molar-refractivity contribution in [2.45, 2.75) is 206 Å². The number of nitrogens with two attached hydrogens (primary N) is 1. The summed E-state index contributed by atoms with van der Waals surface area (Å²) >= 11 is 0. The van der Waals surface area contributed by atoms with Crippen molar-refractivity contribution in [1.29, 1.82) is 0 Å². The van der Waals surface area contributed by atoms with E-state index in [0.717, 1.165) is 32.1 Å². The van der Waals surface area contributed by atoms with Gasteiger partial charge in [0.2, 0.25) is 0 Å². The van der Waals surface area contributed by atoms with Crippen molar-refractivity contribution >= 4 is 13.8 Å². The van der Waals surface area contributed by atoms with Crippen LogP contribution in [0.25, 0.3) is 0 Å². The molecule has 9 heteroatoms. The molecule has 0 amide bonds. The molecule has 0 heterocycles. The van der Waals surface area contributed by atoms with E-state index in [0.29, 0.717) is 6.42 Å². The molecule has 0 bridgehead atoms. The van der Waals surface area contributed by atoms with Crippen LogP contribution in [0.2, 0.25) is 0 Å². The van der Waals surface area contributed by atoms with Crippen LogP contribution in [-0.4, -0.2) is 43.3 Å². The SMILES string of the molecule is CCCCCCCCCCCCCCCC/C=C/OCC(COP(=O)(O)OCCN)OC(=O)CCCCCCCCCCCCCCC. The number of esters is 1. The minimum atomic E-state index is -4.28. The van der Waals surface area contributed by atoms with Gasteiger partial charge in [0.25, 0.3) is 0 Å². The zero-order valence-electron chi connectivity index (χ0n) is 31.5. The molecule has 0 radical (unpaired) electrons. The fourth-order valence-electron chi connectivity index (χ4n) is 5.79. The average Bonchev–Trinajstić information content (AvgIpc) is 3.07. The predicted molar refractivity (Wildman–Crippen MR) is 201 cm³/mol. The van der Waals surface area contributed by atoms with E-state index in [9.17, 15) is 14.3 Å². The maximum absolute atomic E-state index is 12.5. The first-order chi connectivity index (χ1) is 23.4. The molecule has 0 fully saturated rings. The molecule has 0 aromatic heterocycles. The van der Waals surface area contributed by atoms with Gasteiger partial charge in [-0.3, -0.25) is 13.8 Å². The van der Waals surface area contributed by atoms with E-state index in [-0.39, 0.29) is 32.3 Å². The minimum absolute atomic E-state index is 0.0382. The van der Waals surface area contributed by atoms with E-state index in [1.54, 1.807) is 6.26 Å². The number of hydrogen-bond acceptors (Lipinski definition) is 7. The van der Waals surface area contributed by atoms with Crippen LogP contribution in [0.4, 0.5) is 0 Å². The predicted octanol–water partition coefficient (Wildman–Crippen LogP) is 11.9. The number of phosphoric ester groups is 1. The Bertz CT molecular complexity index is 752. The highest BCUT2D eigenvalue weighted by atomic mass is 31.2. The van der Waals surface area contributed by atoms with Crippen LogP contribution in [0.15, 0.2) is 12.3 Å². The first-order valence-corrected chi connectivity index (χ1v) is 21.7. The molecular weight excluding hydrogens is 625 g/mol. The van der Waals surface area contributed by atoms with Gasteiger partial charge in [0.1, 0.15) is 6.61 Å². The fourth-order valence-corrected chi connectivity index (χ4v) is 6.55. The van der Waals surface area contributed by atoms with E-state index in [1.807, 2.05) is 6.08 Å². The van der Waals surface area contributed by atoms with Crippen LogP contribution < -0.4 is 5.73 Å². The lowest BCUT2D eigenvalue weighted by Gasteiger charge is -2.19. The Balaban J connectivity index is 4.08. The standard InChI is InChI=1S/C39H78NO7P/c1-3-5-7-9-11-13-15-17-18-19-21-23-25-27-29-31-34-44-36-38(37-46-48(42,43)45-35-33-40)47-39(41)32-30-28-26-24-22-20-16-14-12-10-8-6-4-2/h31,34,38H,3-30,32-33,35-37,40H2,1-2H3,(H,42,43)/b34-31+. The smallest absolute Gasteiger partial charge is 0.472 e. The second kappa shape index (κ2) is 37.3. The first-order valence-electron chi connectivity index (χ1n) is 20.2. The van der Waals surface area contributed by atoms with E-state index in [1.165, 1.54) is 148 Å². The van der Waals surface area contributed by atoms with Gasteiger partial charge in [-0.1, -0.05) is 174 Å². The lowest BCUT2D eigenvalue weighted by atomic mass is 10.0. The third-order valence-electron chi connectivity index (χ3n) is 8.78. The van der Waals surface area contributed by atoms with Crippen LogP contribution in [0.5, 0.6) is 0 Å². The molecule has 0 aliphatic heterocycles. The maximum Gasteiger partial charge on any atom is 0.472 e. The Morgan fingerprint density at radius 1 is 0.625 bits per heavy atom. The Hall–Kier alpha value is -0.920. The summed E-state index contributed by atoms with van der Waals surface area (Å²) in [6.45, 7) is 4.26. The molecule has 0 saturated heterocycles. The Kier molecular flexibility index (Phi) is 36.6. The number of rotatable bonds is 39. The van der Waals surface area contributed by atoms with Gasteiger partial charge in [0.05, 0.1) is 19.5 Å². The van der Waals surface area contributed by atoms with Crippen LogP contribution in [-0.2, 0) is 27.9 Å². The zero-order chi connectivity index (χ0) is 35.2. The van der Waals surface area contributed by atoms with Crippen molar-refractivity contribution in [2.24, 2.45) is 5.73 Å². The average molecular weight is 704 g/mol. The number of carbonyl (C=O) groups is 1. The molecule has 0 spiro atoms. The quantitative estimate of drug-likeness (QED) is 0.0281. The molecule has 0 saturated carbocycles. The summed E-state index contributed by atoms with van der Waals surface area (Å²) in [6.07, 6.45) is 38.9. The lowest BCUT2D eigenvalue weighted by molar-refractivity contribution is -0.153. The second-order valence-corrected chi connectivity index (χ2v) is 15.0. The van der Waals surface area contributed by atoms with Gasteiger partial charge in [0.15, 0.2) is 6.10 Å². The molecule has 3 N–H and O–H groups in total. The molecule has 0 aromatic carbocycles. The van der Waals surface area contributed by atoms with E-state index in [4.69, 9.17) is 24.3 Å². The first kappa shape index (κ1) is 47.1. The van der Waals surface area contributed by atoms with Gasteiger partial charge in [-0.05, 0) is 25.3 Å². The molecule has 0 aromatic rings. The summed E-state index contributed by atoms with van der Waals surface area (Å²) in [6, 6.07) is 0. The summed E-state index contributed by atoms with van der Waals surface area (Å²) < 4.78 is 33.1. The van der Waals surface area contributed by atoms with Gasteiger partial charge in [-0.25, -0.2) is 4.57 Å². The second-order valence-electron chi connectivity index (χ2n) is 13.6. The molecule has 0 rings (SSSR count). The minimum Gasteiger partial charge on any atom is -0.498 e. The highest BCUT2D eigenvalue weighted by molar-refractivity contribution is 7.47. The summed E-state index contributed by atoms with van der Waals surface area (Å²) in [7, 11) is -4.28. The number of allylic oxidation sites excluding steroid dienone is 1. The van der Waals surface area contributed by atoms with Crippen LogP contribution in [0.1, 0.15) is 200 Å². The molecule has 0 aliphatic rings. The molecule has 48 heavy (non-hydrogen) atoms. The van der Waals surface area contributed by atoms with Gasteiger partial charge in [-0.15, -0.1) is 0 Å². The highest BCUT2D eigenvalue weighted by Crippen LogP contribution is 2.43. The van der Waals surface area contributed by atoms with E-state index < -0.39 is 13.9 Å². The largest absolute Gasteiger partial charge is 0.498 e. The number of hydrogen-bond donors (Lipinski definition) is 2. The Labute approximate surface area is 296 Å². The van der Waals surface area contributed by atoms with Gasteiger partial charge < -0.3 is 20.1 Å². The normalized spacial score (nSPS) is 13.6. The molecule has 2 atom stereocenters. The van der Waals surface area contributed by atoms with Crippen molar-refractivity contribution in [3.05, 3.63) is 12.3 Å². The summed E-state index contributed by atoms with van der Waals surface area (Å²) in [4.78, 5) is 22.4. The van der Waals surface area contributed by atoms with Gasteiger partial charge >= 0.3 is 13.8 Å². The van der Waals surface area contributed by atoms with E-state index in [2.05, 4.69) is 13.8 Å².